The zero-order valence-electron chi connectivity index (χ0n) is 14.4. The number of aliphatic hydroxyl groups is 1. The molecule has 2 rings (SSSR count). The van der Waals surface area contributed by atoms with Gasteiger partial charge in [0.05, 0.1) is 26.5 Å². The molecule has 7 nitrogen and oxygen atoms in total. The van der Waals surface area contributed by atoms with Gasteiger partial charge in [-0.05, 0) is 19.1 Å². The number of alkyl halides is 3. The number of benzene rings is 1. The van der Waals surface area contributed by atoms with Crippen molar-refractivity contribution in [3.05, 3.63) is 30.0 Å². The van der Waals surface area contributed by atoms with E-state index in [4.69, 9.17) is 14.6 Å². The number of hydrogen-bond donors (Lipinski definition) is 3. The first-order valence-electron chi connectivity index (χ1n) is 7.59. The Morgan fingerprint density at radius 1 is 1.15 bits per heavy atom. The van der Waals surface area contributed by atoms with E-state index in [0.29, 0.717) is 17.2 Å². The molecular weight excluding hydrogens is 353 g/mol. The van der Waals surface area contributed by atoms with Gasteiger partial charge in [0.15, 0.2) is 5.69 Å². The maximum Gasteiger partial charge on any atom is 0.433 e. The standard InChI is InChI=1S/C16H19F3N4O3/c1-9(8-24)20-15-22-13(16(17,18)19)7-14(23-15)21-11-5-4-10(25-2)6-12(11)26-3/h4-7,9,24H,8H2,1-3H3,(H2,20,21,22,23)/t9-/m0/s1. The van der Waals surface area contributed by atoms with E-state index in [1.54, 1.807) is 25.1 Å². The average Bonchev–Trinajstić information content (AvgIpc) is 2.61. The lowest BCUT2D eigenvalue weighted by molar-refractivity contribution is -0.141. The zero-order chi connectivity index (χ0) is 19.3. The lowest BCUT2D eigenvalue weighted by Crippen LogP contribution is -2.22. The first-order valence-corrected chi connectivity index (χ1v) is 7.59. The van der Waals surface area contributed by atoms with Crippen LogP contribution in [0.25, 0.3) is 0 Å². The molecule has 1 aromatic carbocycles. The monoisotopic (exact) mass is 372 g/mol. The molecule has 1 aromatic heterocycles. The van der Waals surface area contributed by atoms with Crippen molar-refractivity contribution in [1.82, 2.24) is 9.97 Å². The van der Waals surface area contributed by atoms with Crippen molar-refractivity contribution in [3.63, 3.8) is 0 Å². The highest BCUT2D eigenvalue weighted by Crippen LogP contribution is 2.34. The number of anilines is 3. The van der Waals surface area contributed by atoms with E-state index < -0.39 is 17.9 Å². The summed E-state index contributed by atoms with van der Waals surface area (Å²) >= 11 is 0. The second-order valence-corrected chi connectivity index (χ2v) is 5.38. The number of aromatic nitrogens is 2. The number of nitrogens with one attached hydrogen (secondary N) is 2. The lowest BCUT2D eigenvalue weighted by Gasteiger charge is -2.16. The Balaban J connectivity index is 2.40. The number of rotatable bonds is 7. The van der Waals surface area contributed by atoms with E-state index in [9.17, 15) is 13.2 Å². The molecule has 142 valence electrons. The first kappa shape index (κ1) is 19.6. The van der Waals surface area contributed by atoms with Gasteiger partial charge in [0.25, 0.3) is 0 Å². The largest absolute Gasteiger partial charge is 0.497 e. The van der Waals surface area contributed by atoms with Gasteiger partial charge in [0.2, 0.25) is 5.95 Å². The van der Waals surface area contributed by atoms with Gasteiger partial charge in [-0.1, -0.05) is 0 Å². The topological polar surface area (TPSA) is 88.5 Å². The van der Waals surface area contributed by atoms with Gasteiger partial charge in [-0.15, -0.1) is 0 Å². The summed E-state index contributed by atoms with van der Waals surface area (Å²) in [5, 5.41) is 14.5. The van der Waals surface area contributed by atoms with Crippen molar-refractivity contribution >= 4 is 17.5 Å². The minimum absolute atomic E-state index is 0.0802. The highest BCUT2D eigenvalue weighted by molar-refractivity contribution is 5.66. The molecule has 0 spiro atoms. The second kappa shape index (κ2) is 8.09. The van der Waals surface area contributed by atoms with Gasteiger partial charge < -0.3 is 25.2 Å². The normalized spacial score (nSPS) is 12.4. The van der Waals surface area contributed by atoms with Crippen LogP contribution in [0.2, 0.25) is 0 Å². The number of hydrogen-bond acceptors (Lipinski definition) is 7. The van der Waals surface area contributed by atoms with Crippen LogP contribution in [-0.2, 0) is 6.18 Å². The number of nitrogens with zero attached hydrogens (tertiary/aromatic N) is 2. The van der Waals surface area contributed by atoms with E-state index in [2.05, 4.69) is 20.6 Å². The van der Waals surface area contributed by atoms with Crippen LogP contribution in [0.4, 0.5) is 30.6 Å². The van der Waals surface area contributed by atoms with E-state index in [-0.39, 0.29) is 18.4 Å². The predicted octanol–water partition coefficient (Wildman–Crippen LogP) is 3.05. The molecule has 1 atom stereocenters. The van der Waals surface area contributed by atoms with Crippen molar-refractivity contribution in [2.24, 2.45) is 0 Å². The highest BCUT2D eigenvalue weighted by Gasteiger charge is 2.34. The molecule has 0 unspecified atom stereocenters. The zero-order valence-corrected chi connectivity index (χ0v) is 14.4. The van der Waals surface area contributed by atoms with Crippen molar-refractivity contribution in [1.29, 1.82) is 0 Å². The molecule has 0 aliphatic carbocycles. The molecule has 10 heteroatoms. The van der Waals surface area contributed by atoms with Gasteiger partial charge in [-0.3, -0.25) is 0 Å². The number of methoxy groups -OCH3 is 2. The van der Waals surface area contributed by atoms with Crippen molar-refractivity contribution < 1.29 is 27.8 Å². The predicted molar refractivity (Wildman–Crippen MR) is 90.0 cm³/mol. The second-order valence-electron chi connectivity index (χ2n) is 5.38. The first-order chi connectivity index (χ1) is 12.3. The summed E-state index contributed by atoms with van der Waals surface area (Å²) in [6, 6.07) is 5.08. The minimum atomic E-state index is -4.65. The third kappa shape index (κ3) is 4.88. The van der Waals surface area contributed by atoms with E-state index in [1.165, 1.54) is 14.2 Å². The van der Waals surface area contributed by atoms with Gasteiger partial charge in [0.1, 0.15) is 17.3 Å². The third-order valence-electron chi connectivity index (χ3n) is 3.34. The van der Waals surface area contributed by atoms with Gasteiger partial charge >= 0.3 is 6.18 Å². The molecule has 0 amide bonds. The fourth-order valence-corrected chi connectivity index (χ4v) is 2.03. The Morgan fingerprint density at radius 2 is 1.88 bits per heavy atom. The fraction of sp³-hybridized carbons (Fsp3) is 0.375. The number of ether oxygens (including phenoxy) is 2. The Bertz CT molecular complexity index is 756. The molecule has 0 saturated carbocycles. The summed E-state index contributed by atoms with van der Waals surface area (Å²) in [5.74, 6) is 0.569. The maximum atomic E-state index is 13.1. The van der Waals surface area contributed by atoms with Crippen LogP contribution in [-0.4, -0.2) is 41.9 Å². The van der Waals surface area contributed by atoms with Crippen LogP contribution in [0.15, 0.2) is 24.3 Å². The SMILES string of the molecule is COc1ccc(Nc2cc(C(F)(F)F)nc(N[C@@H](C)CO)n2)c(OC)c1. The Morgan fingerprint density at radius 3 is 2.46 bits per heavy atom. The molecule has 1 heterocycles. The number of halogens is 3. The number of aliphatic hydroxyl groups excluding tert-OH is 1. The van der Waals surface area contributed by atoms with Crippen LogP contribution >= 0.6 is 0 Å². The van der Waals surface area contributed by atoms with Crippen molar-refractivity contribution in [2.45, 2.75) is 19.1 Å². The van der Waals surface area contributed by atoms with Crippen LogP contribution in [0.5, 0.6) is 11.5 Å². The summed E-state index contributed by atoms with van der Waals surface area (Å²) in [6.45, 7) is 1.30. The van der Waals surface area contributed by atoms with Gasteiger partial charge in [-0.25, -0.2) is 4.98 Å². The molecule has 26 heavy (non-hydrogen) atoms. The third-order valence-corrected chi connectivity index (χ3v) is 3.34. The summed E-state index contributed by atoms with van der Waals surface area (Å²) in [7, 11) is 2.92. The molecule has 0 radical (unpaired) electrons. The quantitative estimate of drug-likeness (QED) is 0.688. The minimum Gasteiger partial charge on any atom is -0.497 e. The molecule has 3 N–H and O–H groups in total. The molecule has 0 fully saturated rings. The van der Waals surface area contributed by atoms with Gasteiger partial charge in [-0.2, -0.15) is 18.2 Å². The molecule has 0 aliphatic rings. The van der Waals surface area contributed by atoms with E-state index >= 15 is 0 Å². The fourth-order valence-electron chi connectivity index (χ4n) is 2.03. The molecule has 0 bridgehead atoms. The molecule has 2 aromatic rings. The maximum absolute atomic E-state index is 13.1. The average molecular weight is 372 g/mol. The Labute approximate surface area is 148 Å². The van der Waals surface area contributed by atoms with Crippen molar-refractivity contribution in [3.8, 4) is 11.5 Å². The molecule has 0 aliphatic heterocycles. The van der Waals surface area contributed by atoms with Crippen molar-refractivity contribution in [2.75, 3.05) is 31.5 Å². The summed E-state index contributed by atoms with van der Waals surface area (Å²) in [6.07, 6.45) is -4.65. The summed E-state index contributed by atoms with van der Waals surface area (Å²) < 4.78 is 49.6. The van der Waals surface area contributed by atoms with Crippen LogP contribution in [0.1, 0.15) is 12.6 Å². The smallest absolute Gasteiger partial charge is 0.433 e. The summed E-state index contributed by atoms with van der Waals surface area (Å²) in [4.78, 5) is 7.47. The van der Waals surface area contributed by atoms with Gasteiger partial charge in [0, 0.05) is 18.2 Å². The van der Waals surface area contributed by atoms with E-state index in [0.717, 1.165) is 6.07 Å². The molecule has 0 saturated heterocycles. The highest BCUT2D eigenvalue weighted by atomic mass is 19.4. The van der Waals surface area contributed by atoms with Crippen LogP contribution in [0.3, 0.4) is 0 Å². The lowest BCUT2D eigenvalue weighted by atomic mass is 10.2. The van der Waals surface area contributed by atoms with Crippen LogP contribution < -0.4 is 20.1 Å². The molecular formula is C16H19F3N4O3. The Hall–Kier alpha value is -2.75. The summed E-state index contributed by atoms with van der Waals surface area (Å²) in [5.41, 5.74) is -0.712. The van der Waals surface area contributed by atoms with Crippen LogP contribution in [0, 0.1) is 0 Å². The Kier molecular flexibility index (Phi) is 6.09. The van der Waals surface area contributed by atoms with E-state index in [1.807, 2.05) is 0 Å².